The zero-order valence-electron chi connectivity index (χ0n) is 13.4. The van der Waals surface area contributed by atoms with Gasteiger partial charge < -0.3 is 15.4 Å². The van der Waals surface area contributed by atoms with Crippen LogP contribution in [-0.2, 0) is 16.1 Å². The van der Waals surface area contributed by atoms with Gasteiger partial charge in [-0.05, 0) is 35.0 Å². The third kappa shape index (κ3) is 5.19. The number of amides is 2. The van der Waals surface area contributed by atoms with Crippen molar-refractivity contribution in [1.82, 2.24) is 15.5 Å². The van der Waals surface area contributed by atoms with E-state index in [9.17, 15) is 9.59 Å². The maximum Gasteiger partial charge on any atom is 0.337 e. The molecule has 0 atom stereocenters. The van der Waals surface area contributed by atoms with Crippen molar-refractivity contribution >= 4 is 39.3 Å². The average Bonchev–Trinajstić information content (AvgIpc) is 2.93. The van der Waals surface area contributed by atoms with Crippen LogP contribution in [0.2, 0.25) is 0 Å². The summed E-state index contributed by atoms with van der Waals surface area (Å²) in [5.74, 6) is -0.405. The minimum absolute atomic E-state index is 0.173. The van der Waals surface area contributed by atoms with Crippen LogP contribution in [0.3, 0.4) is 0 Å². The first-order chi connectivity index (χ1) is 11.5. The fourth-order valence-electron chi connectivity index (χ4n) is 2.33. The first-order valence-electron chi connectivity index (χ1n) is 7.55. The van der Waals surface area contributed by atoms with Crippen molar-refractivity contribution in [1.29, 1.82) is 0 Å². The predicted molar refractivity (Wildman–Crippen MR) is 97.7 cm³/mol. The Hall–Kier alpha value is -1.64. The van der Waals surface area contributed by atoms with Gasteiger partial charge in [-0.1, -0.05) is 6.08 Å². The first-order valence-corrected chi connectivity index (χ1v) is 9.15. The molecule has 1 aliphatic rings. The van der Waals surface area contributed by atoms with Gasteiger partial charge >= 0.3 is 12.0 Å². The molecule has 8 heteroatoms. The summed E-state index contributed by atoms with van der Waals surface area (Å²) >= 11 is 5.11. The number of hydrogen-bond acceptors (Lipinski definition) is 5. The lowest BCUT2D eigenvalue weighted by Crippen LogP contribution is -2.46. The van der Waals surface area contributed by atoms with Gasteiger partial charge in [0.1, 0.15) is 0 Å². The van der Waals surface area contributed by atoms with Crippen LogP contribution in [0, 0.1) is 0 Å². The average molecular weight is 414 g/mol. The molecular weight excluding hydrogens is 394 g/mol. The molecule has 2 heterocycles. The van der Waals surface area contributed by atoms with Crippen molar-refractivity contribution in [2.24, 2.45) is 0 Å². The molecule has 0 spiro atoms. The molecule has 1 aliphatic heterocycles. The molecule has 2 rings (SSSR count). The predicted octanol–water partition coefficient (Wildman–Crippen LogP) is 2.63. The topological polar surface area (TPSA) is 70.7 Å². The van der Waals surface area contributed by atoms with Gasteiger partial charge in [-0.15, -0.1) is 17.9 Å². The van der Waals surface area contributed by atoms with Gasteiger partial charge in [0.25, 0.3) is 0 Å². The van der Waals surface area contributed by atoms with E-state index in [0.717, 1.165) is 3.79 Å². The number of halogens is 1. The molecule has 0 aliphatic carbocycles. The Morgan fingerprint density at radius 2 is 2.29 bits per heavy atom. The molecule has 24 heavy (non-hydrogen) atoms. The molecule has 1 aromatic heterocycles. The van der Waals surface area contributed by atoms with E-state index in [1.54, 1.807) is 24.3 Å². The number of nitrogens with one attached hydrogen (secondary N) is 2. The van der Waals surface area contributed by atoms with Crippen molar-refractivity contribution in [2.45, 2.75) is 13.5 Å². The van der Waals surface area contributed by atoms with Crippen LogP contribution in [0.1, 0.15) is 11.8 Å². The summed E-state index contributed by atoms with van der Waals surface area (Å²) in [6, 6.07) is 3.74. The Bertz CT molecular complexity index is 657. The zero-order valence-corrected chi connectivity index (χ0v) is 15.8. The fourth-order valence-corrected chi connectivity index (χ4v) is 3.85. The minimum atomic E-state index is -0.405. The lowest BCUT2D eigenvalue weighted by Gasteiger charge is -2.26. The number of carbonyl (C=O) groups is 2. The highest BCUT2D eigenvalue weighted by Gasteiger charge is 2.25. The van der Waals surface area contributed by atoms with Crippen LogP contribution in [-0.4, -0.2) is 43.1 Å². The van der Waals surface area contributed by atoms with Gasteiger partial charge in [0.05, 0.1) is 22.5 Å². The van der Waals surface area contributed by atoms with Crippen molar-refractivity contribution < 1.29 is 14.3 Å². The van der Waals surface area contributed by atoms with Crippen LogP contribution in [0.15, 0.2) is 39.8 Å². The van der Waals surface area contributed by atoms with Gasteiger partial charge in [-0.3, -0.25) is 4.90 Å². The smallest absolute Gasteiger partial charge is 0.337 e. The Labute approximate surface area is 153 Å². The van der Waals surface area contributed by atoms with E-state index in [-0.39, 0.29) is 12.6 Å². The second kappa shape index (κ2) is 9.00. The molecule has 0 saturated carbocycles. The summed E-state index contributed by atoms with van der Waals surface area (Å²) in [5.41, 5.74) is 1.03. The van der Waals surface area contributed by atoms with Gasteiger partial charge in [-0.2, -0.15) is 0 Å². The van der Waals surface area contributed by atoms with Crippen molar-refractivity contribution in [3.05, 3.63) is 44.7 Å². The number of nitrogens with zero attached hydrogens (tertiary/aromatic N) is 1. The van der Waals surface area contributed by atoms with Crippen molar-refractivity contribution in [3.63, 3.8) is 0 Å². The molecule has 0 unspecified atom stereocenters. The Morgan fingerprint density at radius 3 is 2.92 bits per heavy atom. The second-order valence-electron chi connectivity index (χ2n) is 5.15. The monoisotopic (exact) mass is 413 g/mol. The quantitative estimate of drug-likeness (QED) is 0.507. The molecule has 0 aromatic carbocycles. The maximum atomic E-state index is 12.1. The summed E-state index contributed by atoms with van der Waals surface area (Å²) in [6.45, 7) is 7.78. The second-order valence-corrected chi connectivity index (χ2v) is 7.70. The molecule has 2 N–H and O–H groups in total. The number of carbonyl (C=O) groups excluding carboxylic acids is 2. The van der Waals surface area contributed by atoms with Gasteiger partial charge in [-0.25, -0.2) is 9.59 Å². The number of thiophene rings is 1. The summed E-state index contributed by atoms with van der Waals surface area (Å²) in [7, 11) is 0. The number of rotatable bonds is 8. The standard InChI is InChI=1S/C16H20BrN3O3S/c1-3-7-20(9-11-5-6-14(17)24-11)10-13-12(15(21)23-4-2)8-18-16(22)19-13/h3,5-6H,1,4,7-10H2,2H3,(H2,18,19,22). The molecule has 6 nitrogen and oxygen atoms in total. The van der Waals surface area contributed by atoms with E-state index >= 15 is 0 Å². The molecule has 130 valence electrons. The van der Waals surface area contributed by atoms with Gasteiger partial charge in [0, 0.05) is 30.2 Å². The van der Waals surface area contributed by atoms with Crippen molar-refractivity contribution in [3.8, 4) is 0 Å². The summed E-state index contributed by atoms with van der Waals surface area (Å²) in [6.07, 6.45) is 1.80. The molecule has 0 fully saturated rings. The molecule has 1 aromatic rings. The Morgan fingerprint density at radius 1 is 1.50 bits per heavy atom. The van der Waals surface area contributed by atoms with E-state index in [4.69, 9.17) is 4.74 Å². The van der Waals surface area contributed by atoms with Crippen LogP contribution in [0.25, 0.3) is 0 Å². The summed E-state index contributed by atoms with van der Waals surface area (Å²) < 4.78 is 6.15. The fraction of sp³-hybridized carbons (Fsp3) is 0.375. The SMILES string of the molecule is C=CCN(CC1=C(C(=O)OCC)CNC(=O)N1)Cc1ccc(Br)s1. The summed E-state index contributed by atoms with van der Waals surface area (Å²) in [5, 5.41) is 5.34. The van der Waals surface area contributed by atoms with E-state index in [0.29, 0.717) is 37.5 Å². The Kier molecular flexibility index (Phi) is 7.01. The molecular formula is C16H20BrN3O3S. The van der Waals surface area contributed by atoms with E-state index in [2.05, 4.69) is 38.0 Å². The van der Waals surface area contributed by atoms with Gasteiger partial charge in [0.2, 0.25) is 0 Å². The lowest BCUT2D eigenvalue weighted by atomic mass is 10.1. The minimum Gasteiger partial charge on any atom is -0.463 e. The molecule has 0 saturated heterocycles. The number of esters is 1. The van der Waals surface area contributed by atoms with E-state index in [1.165, 1.54) is 4.88 Å². The zero-order chi connectivity index (χ0) is 17.5. The molecule has 0 radical (unpaired) electrons. The molecule has 2 amide bonds. The van der Waals surface area contributed by atoms with Crippen LogP contribution >= 0.6 is 27.3 Å². The third-order valence-electron chi connectivity index (χ3n) is 3.35. The molecule has 0 bridgehead atoms. The van der Waals surface area contributed by atoms with Crippen LogP contribution < -0.4 is 10.6 Å². The Balaban J connectivity index is 2.17. The van der Waals surface area contributed by atoms with Gasteiger partial charge in [0.15, 0.2) is 0 Å². The van der Waals surface area contributed by atoms with Crippen LogP contribution in [0.5, 0.6) is 0 Å². The highest BCUT2D eigenvalue weighted by atomic mass is 79.9. The van der Waals surface area contributed by atoms with E-state index in [1.807, 2.05) is 12.1 Å². The van der Waals surface area contributed by atoms with E-state index < -0.39 is 5.97 Å². The van der Waals surface area contributed by atoms with Crippen molar-refractivity contribution in [2.75, 3.05) is 26.2 Å². The largest absolute Gasteiger partial charge is 0.463 e. The number of urea groups is 1. The normalized spacial score (nSPS) is 14.4. The van der Waals surface area contributed by atoms with Crippen LogP contribution in [0.4, 0.5) is 4.79 Å². The highest BCUT2D eigenvalue weighted by Crippen LogP contribution is 2.23. The maximum absolute atomic E-state index is 12.1. The lowest BCUT2D eigenvalue weighted by molar-refractivity contribution is -0.138. The number of hydrogen-bond donors (Lipinski definition) is 2. The summed E-state index contributed by atoms with van der Waals surface area (Å²) in [4.78, 5) is 27.0. The highest BCUT2D eigenvalue weighted by molar-refractivity contribution is 9.11. The number of ether oxygens (including phenoxy) is 1. The third-order valence-corrected chi connectivity index (χ3v) is 4.96. The first kappa shape index (κ1) is 18.7.